The number of carbonyl (C=O) groups excluding carboxylic acids is 1. The average molecular weight is 189 g/mol. The van der Waals surface area contributed by atoms with E-state index in [-0.39, 0.29) is 11.3 Å². The molecule has 2 rings (SSSR count). The van der Waals surface area contributed by atoms with E-state index < -0.39 is 0 Å². The van der Waals surface area contributed by atoms with E-state index in [4.69, 9.17) is 0 Å². The fourth-order valence-electron chi connectivity index (χ4n) is 1.80. The fourth-order valence-corrected chi connectivity index (χ4v) is 1.80. The minimum absolute atomic E-state index is 0.0622. The van der Waals surface area contributed by atoms with Gasteiger partial charge in [-0.1, -0.05) is 30.3 Å². The molecule has 1 fully saturated rings. The third-order valence-electron chi connectivity index (χ3n) is 2.92. The summed E-state index contributed by atoms with van der Waals surface area (Å²) < 4.78 is 0. The van der Waals surface area contributed by atoms with Gasteiger partial charge in [-0.2, -0.15) is 0 Å². The van der Waals surface area contributed by atoms with Crippen LogP contribution in [0.25, 0.3) is 0 Å². The zero-order chi connectivity index (χ0) is 10.0. The van der Waals surface area contributed by atoms with Gasteiger partial charge in [0.15, 0.2) is 0 Å². The van der Waals surface area contributed by atoms with Crippen LogP contribution < -0.4 is 5.32 Å². The monoisotopic (exact) mass is 189 g/mol. The number of hydrogen-bond donors (Lipinski definition) is 1. The highest BCUT2D eigenvalue weighted by Crippen LogP contribution is 2.47. The minimum Gasteiger partial charge on any atom is -0.355 e. The first-order chi connectivity index (χ1) is 6.73. The van der Waals surface area contributed by atoms with Crippen molar-refractivity contribution in [3.05, 3.63) is 35.9 Å². The molecule has 0 heterocycles. The Hall–Kier alpha value is -1.31. The van der Waals surface area contributed by atoms with Crippen molar-refractivity contribution in [2.75, 3.05) is 6.54 Å². The summed E-state index contributed by atoms with van der Waals surface area (Å²) in [7, 11) is 0. The van der Waals surface area contributed by atoms with E-state index in [0.717, 1.165) is 6.54 Å². The molecule has 74 valence electrons. The number of rotatable bonds is 3. The van der Waals surface area contributed by atoms with Crippen molar-refractivity contribution in [2.24, 2.45) is 0 Å². The Morgan fingerprint density at radius 1 is 1.36 bits per heavy atom. The minimum atomic E-state index is 0.0622. The maximum Gasteiger partial charge on any atom is 0.216 e. The lowest BCUT2D eigenvalue weighted by molar-refractivity contribution is -0.119. The van der Waals surface area contributed by atoms with E-state index in [9.17, 15) is 4.79 Å². The van der Waals surface area contributed by atoms with Gasteiger partial charge < -0.3 is 5.32 Å². The molecule has 0 atom stereocenters. The van der Waals surface area contributed by atoms with Gasteiger partial charge in [0.1, 0.15) is 0 Å². The molecule has 1 aliphatic carbocycles. The number of nitrogens with one attached hydrogen (secondary N) is 1. The molecular weight excluding hydrogens is 174 g/mol. The molecule has 1 N–H and O–H groups in total. The number of carbonyl (C=O) groups is 1. The van der Waals surface area contributed by atoms with Gasteiger partial charge in [-0.25, -0.2) is 0 Å². The highest BCUT2D eigenvalue weighted by molar-refractivity contribution is 5.73. The van der Waals surface area contributed by atoms with Crippen LogP contribution >= 0.6 is 0 Å². The Kier molecular flexibility index (Phi) is 2.28. The molecule has 2 heteroatoms. The van der Waals surface area contributed by atoms with Gasteiger partial charge in [0.2, 0.25) is 5.91 Å². The lowest BCUT2D eigenvalue weighted by Gasteiger charge is -2.15. The molecule has 0 aliphatic heterocycles. The molecule has 1 aliphatic rings. The number of hydrogen-bond acceptors (Lipinski definition) is 1. The first kappa shape index (κ1) is 9.25. The Balaban J connectivity index is 2.06. The first-order valence-corrected chi connectivity index (χ1v) is 5.03. The summed E-state index contributed by atoms with van der Waals surface area (Å²) in [5.74, 6) is 0.0622. The second-order valence-corrected chi connectivity index (χ2v) is 4.06. The summed E-state index contributed by atoms with van der Waals surface area (Å²) in [6, 6.07) is 10.4. The summed E-state index contributed by atoms with van der Waals surface area (Å²) in [6.45, 7) is 2.35. The molecule has 1 aromatic rings. The summed E-state index contributed by atoms with van der Waals surface area (Å²) in [5.41, 5.74) is 1.60. The zero-order valence-electron chi connectivity index (χ0n) is 8.42. The predicted molar refractivity (Wildman–Crippen MR) is 56.0 cm³/mol. The third kappa shape index (κ3) is 1.79. The van der Waals surface area contributed by atoms with Gasteiger partial charge >= 0.3 is 0 Å². The maximum atomic E-state index is 10.8. The van der Waals surface area contributed by atoms with Crippen LogP contribution in [0.3, 0.4) is 0 Å². The highest BCUT2D eigenvalue weighted by Gasteiger charge is 2.43. The van der Waals surface area contributed by atoms with Crippen molar-refractivity contribution in [3.63, 3.8) is 0 Å². The van der Waals surface area contributed by atoms with Crippen LogP contribution in [0.15, 0.2) is 30.3 Å². The van der Waals surface area contributed by atoms with Crippen LogP contribution in [0, 0.1) is 0 Å². The number of amides is 1. The van der Waals surface area contributed by atoms with Gasteiger partial charge in [-0.05, 0) is 18.4 Å². The lowest BCUT2D eigenvalue weighted by Crippen LogP contribution is -2.30. The van der Waals surface area contributed by atoms with Crippen molar-refractivity contribution in [1.29, 1.82) is 0 Å². The van der Waals surface area contributed by atoms with Crippen LogP contribution in [0.2, 0.25) is 0 Å². The SMILES string of the molecule is CC(=O)NCC1(c2ccccc2)CC1. The van der Waals surface area contributed by atoms with Crippen molar-refractivity contribution >= 4 is 5.91 Å². The molecule has 1 aromatic carbocycles. The molecule has 0 aromatic heterocycles. The lowest BCUT2D eigenvalue weighted by atomic mass is 9.96. The molecule has 0 radical (unpaired) electrons. The molecular formula is C12H15NO. The normalized spacial score (nSPS) is 17.5. The van der Waals surface area contributed by atoms with E-state index in [1.165, 1.54) is 18.4 Å². The van der Waals surface area contributed by atoms with E-state index in [1.54, 1.807) is 6.92 Å². The summed E-state index contributed by atoms with van der Waals surface area (Å²) in [4.78, 5) is 10.8. The molecule has 1 saturated carbocycles. The van der Waals surface area contributed by atoms with Crippen molar-refractivity contribution in [1.82, 2.24) is 5.32 Å². The quantitative estimate of drug-likeness (QED) is 0.772. The second-order valence-electron chi connectivity index (χ2n) is 4.06. The standard InChI is InChI=1S/C12H15NO/c1-10(14)13-9-12(7-8-12)11-5-3-2-4-6-11/h2-6H,7-9H2,1H3,(H,13,14). The summed E-state index contributed by atoms with van der Waals surface area (Å²) in [6.07, 6.45) is 2.38. The van der Waals surface area contributed by atoms with Crippen LogP contribution in [-0.4, -0.2) is 12.5 Å². The third-order valence-corrected chi connectivity index (χ3v) is 2.92. The first-order valence-electron chi connectivity index (χ1n) is 5.03. The average Bonchev–Trinajstić information content (AvgIpc) is 2.97. The van der Waals surface area contributed by atoms with Crippen molar-refractivity contribution < 1.29 is 4.79 Å². The van der Waals surface area contributed by atoms with Crippen LogP contribution in [0.4, 0.5) is 0 Å². The predicted octanol–water partition coefficient (Wildman–Crippen LogP) is 1.85. The van der Waals surface area contributed by atoms with Crippen LogP contribution in [0.1, 0.15) is 25.3 Å². The Labute approximate surface area is 84.3 Å². The van der Waals surface area contributed by atoms with Gasteiger partial charge in [0.25, 0.3) is 0 Å². The van der Waals surface area contributed by atoms with E-state index in [1.807, 2.05) is 6.07 Å². The molecule has 0 spiro atoms. The van der Waals surface area contributed by atoms with E-state index in [2.05, 4.69) is 29.6 Å². The topological polar surface area (TPSA) is 29.1 Å². The Bertz CT molecular complexity index is 327. The Morgan fingerprint density at radius 2 is 2.00 bits per heavy atom. The highest BCUT2D eigenvalue weighted by atomic mass is 16.1. The van der Waals surface area contributed by atoms with E-state index >= 15 is 0 Å². The fraction of sp³-hybridized carbons (Fsp3) is 0.417. The van der Waals surface area contributed by atoms with Crippen molar-refractivity contribution in [2.45, 2.75) is 25.2 Å². The van der Waals surface area contributed by atoms with E-state index in [0.29, 0.717) is 0 Å². The molecule has 1 amide bonds. The van der Waals surface area contributed by atoms with Crippen LogP contribution in [-0.2, 0) is 10.2 Å². The van der Waals surface area contributed by atoms with Gasteiger partial charge in [-0.3, -0.25) is 4.79 Å². The smallest absolute Gasteiger partial charge is 0.216 e. The summed E-state index contributed by atoms with van der Waals surface area (Å²) in [5, 5.41) is 2.91. The zero-order valence-corrected chi connectivity index (χ0v) is 8.42. The number of benzene rings is 1. The van der Waals surface area contributed by atoms with Gasteiger partial charge in [0.05, 0.1) is 0 Å². The molecule has 14 heavy (non-hydrogen) atoms. The van der Waals surface area contributed by atoms with Gasteiger partial charge in [-0.15, -0.1) is 0 Å². The largest absolute Gasteiger partial charge is 0.355 e. The second kappa shape index (κ2) is 3.45. The molecule has 0 saturated heterocycles. The van der Waals surface area contributed by atoms with Crippen molar-refractivity contribution in [3.8, 4) is 0 Å². The van der Waals surface area contributed by atoms with Crippen LogP contribution in [0.5, 0.6) is 0 Å². The Morgan fingerprint density at radius 3 is 2.50 bits per heavy atom. The molecule has 2 nitrogen and oxygen atoms in total. The maximum absolute atomic E-state index is 10.8. The molecule has 0 unspecified atom stereocenters. The summed E-state index contributed by atoms with van der Waals surface area (Å²) >= 11 is 0. The van der Waals surface area contributed by atoms with Gasteiger partial charge in [0, 0.05) is 18.9 Å². The molecule has 0 bridgehead atoms.